The van der Waals surface area contributed by atoms with Gasteiger partial charge < -0.3 is 15.1 Å². The number of nitro groups is 1. The lowest BCUT2D eigenvalue weighted by molar-refractivity contribution is -0.384. The van der Waals surface area contributed by atoms with E-state index in [-0.39, 0.29) is 29.5 Å². The van der Waals surface area contributed by atoms with Gasteiger partial charge in [0.2, 0.25) is 5.91 Å². The van der Waals surface area contributed by atoms with Crippen molar-refractivity contribution < 1.29 is 18.9 Å². The summed E-state index contributed by atoms with van der Waals surface area (Å²) in [5.41, 5.74) is 0.849. The van der Waals surface area contributed by atoms with Gasteiger partial charge in [0.15, 0.2) is 0 Å². The maximum atomic E-state index is 13.1. The van der Waals surface area contributed by atoms with Crippen LogP contribution in [-0.2, 0) is 4.79 Å². The van der Waals surface area contributed by atoms with E-state index in [0.717, 1.165) is 18.7 Å². The summed E-state index contributed by atoms with van der Waals surface area (Å²) in [7, 11) is 0. The highest BCUT2D eigenvalue weighted by Crippen LogP contribution is 2.17. The molecule has 0 atom stereocenters. The lowest BCUT2D eigenvalue weighted by atomic mass is 10.2. The fourth-order valence-electron chi connectivity index (χ4n) is 3.21. The molecule has 0 spiro atoms. The number of benzene rings is 2. The van der Waals surface area contributed by atoms with Crippen LogP contribution in [0.1, 0.15) is 16.8 Å². The maximum Gasteiger partial charge on any atom is 0.270 e. The van der Waals surface area contributed by atoms with Gasteiger partial charge in [-0.2, -0.15) is 0 Å². The number of carbonyl (C=O) groups is 2. The van der Waals surface area contributed by atoms with Gasteiger partial charge in [0.1, 0.15) is 5.82 Å². The molecule has 0 aromatic heterocycles. The summed E-state index contributed by atoms with van der Waals surface area (Å²) in [5.74, 6) is -1.05. The van der Waals surface area contributed by atoms with Crippen LogP contribution in [0.4, 0.5) is 15.8 Å². The topological polar surface area (TPSA) is 95.8 Å². The number of amides is 2. The lowest BCUT2D eigenvalue weighted by Gasteiger charge is -2.23. The van der Waals surface area contributed by atoms with E-state index >= 15 is 0 Å². The molecule has 1 saturated heterocycles. The zero-order valence-corrected chi connectivity index (χ0v) is 15.7. The van der Waals surface area contributed by atoms with E-state index in [9.17, 15) is 24.1 Å². The number of nitro benzene ring substituents is 1. The molecular formula is C20H21FN4O4. The van der Waals surface area contributed by atoms with Gasteiger partial charge in [-0.15, -0.1) is 0 Å². The molecule has 1 aliphatic rings. The minimum absolute atomic E-state index is 0.130. The normalized spacial score (nSPS) is 14.2. The maximum absolute atomic E-state index is 13.1. The van der Waals surface area contributed by atoms with Gasteiger partial charge in [-0.05, 0) is 36.8 Å². The van der Waals surface area contributed by atoms with Crippen molar-refractivity contribution in [3.8, 4) is 0 Å². The second-order valence-corrected chi connectivity index (χ2v) is 6.69. The van der Waals surface area contributed by atoms with Crippen molar-refractivity contribution in [2.75, 3.05) is 37.6 Å². The van der Waals surface area contributed by atoms with Crippen LogP contribution in [-0.4, -0.2) is 54.4 Å². The van der Waals surface area contributed by atoms with Crippen LogP contribution in [0.15, 0.2) is 48.5 Å². The van der Waals surface area contributed by atoms with E-state index in [1.807, 2.05) is 0 Å². The SMILES string of the molecule is O=C(NCC(=O)N1CCCN(c2ccc(F)cc2)CC1)c1cccc([N+](=O)[O-])c1. The first kappa shape index (κ1) is 20.2. The Morgan fingerprint density at radius 1 is 1.07 bits per heavy atom. The predicted octanol–water partition coefficient (Wildman–Crippen LogP) is 2.20. The molecule has 1 aliphatic heterocycles. The number of carbonyl (C=O) groups excluding carboxylic acids is 2. The first-order chi connectivity index (χ1) is 13.9. The van der Waals surface area contributed by atoms with Crippen LogP contribution in [0, 0.1) is 15.9 Å². The Morgan fingerprint density at radius 3 is 2.55 bits per heavy atom. The quantitative estimate of drug-likeness (QED) is 0.613. The minimum atomic E-state index is -0.577. The van der Waals surface area contributed by atoms with Gasteiger partial charge in [0.25, 0.3) is 11.6 Å². The van der Waals surface area contributed by atoms with Crippen LogP contribution in [0.2, 0.25) is 0 Å². The van der Waals surface area contributed by atoms with Gasteiger partial charge in [0.05, 0.1) is 11.5 Å². The molecule has 0 radical (unpaired) electrons. The van der Waals surface area contributed by atoms with Crippen molar-refractivity contribution >= 4 is 23.2 Å². The Kier molecular flexibility index (Phi) is 6.38. The van der Waals surface area contributed by atoms with Gasteiger partial charge in [0, 0.05) is 49.6 Å². The lowest BCUT2D eigenvalue weighted by Crippen LogP contribution is -2.42. The largest absolute Gasteiger partial charge is 0.370 e. The van der Waals surface area contributed by atoms with E-state index < -0.39 is 10.8 Å². The van der Waals surface area contributed by atoms with Gasteiger partial charge >= 0.3 is 0 Å². The van der Waals surface area contributed by atoms with E-state index in [2.05, 4.69) is 10.2 Å². The number of non-ortho nitro benzene ring substituents is 1. The molecule has 1 fully saturated rings. The van der Waals surface area contributed by atoms with Crippen LogP contribution in [0.5, 0.6) is 0 Å². The molecule has 2 aromatic rings. The Morgan fingerprint density at radius 2 is 1.83 bits per heavy atom. The molecular weight excluding hydrogens is 379 g/mol. The average molecular weight is 400 g/mol. The summed E-state index contributed by atoms with van der Waals surface area (Å²) in [6.07, 6.45) is 0.752. The number of anilines is 1. The third kappa shape index (κ3) is 5.28. The number of rotatable bonds is 5. The molecule has 152 valence electrons. The molecule has 0 bridgehead atoms. The van der Waals surface area contributed by atoms with Crippen molar-refractivity contribution in [3.63, 3.8) is 0 Å². The first-order valence-electron chi connectivity index (χ1n) is 9.25. The summed E-state index contributed by atoms with van der Waals surface area (Å²) in [6.45, 7) is 2.22. The Labute approximate surface area is 167 Å². The smallest absolute Gasteiger partial charge is 0.270 e. The second-order valence-electron chi connectivity index (χ2n) is 6.69. The monoisotopic (exact) mass is 400 g/mol. The number of halogens is 1. The summed E-state index contributed by atoms with van der Waals surface area (Å²) in [6, 6.07) is 11.6. The van der Waals surface area contributed by atoms with Crippen LogP contribution < -0.4 is 10.2 Å². The second kappa shape index (κ2) is 9.13. The van der Waals surface area contributed by atoms with E-state index in [1.54, 1.807) is 17.0 Å². The van der Waals surface area contributed by atoms with Gasteiger partial charge in [-0.3, -0.25) is 19.7 Å². The third-order valence-corrected chi connectivity index (χ3v) is 4.76. The van der Waals surface area contributed by atoms with Crippen molar-refractivity contribution in [1.29, 1.82) is 0 Å². The fraction of sp³-hybridized carbons (Fsp3) is 0.300. The number of hydrogen-bond acceptors (Lipinski definition) is 5. The molecule has 0 saturated carbocycles. The molecule has 1 heterocycles. The molecule has 1 N–H and O–H groups in total. The molecule has 29 heavy (non-hydrogen) atoms. The Balaban J connectivity index is 1.53. The summed E-state index contributed by atoms with van der Waals surface area (Å²) < 4.78 is 13.1. The van der Waals surface area contributed by atoms with E-state index in [0.29, 0.717) is 19.6 Å². The Bertz CT molecular complexity index is 904. The molecule has 9 heteroatoms. The first-order valence-corrected chi connectivity index (χ1v) is 9.25. The highest BCUT2D eigenvalue weighted by atomic mass is 19.1. The predicted molar refractivity (Wildman–Crippen MR) is 105 cm³/mol. The molecule has 2 amide bonds. The van der Waals surface area contributed by atoms with Gasteiger partial charge in [-0.1, -0.05) is 6.07 Å². The van der Waals surface area contributed by atoms with Crippen molar-refractivity contribution in [2.45, 2.75) is 6.42 Å². The van der Waals surface area contributed by atoms with Crippen LogP contribution in [0.25, 0.3) is 0 Å². The summed E-state index contributed by atoms with van der Waals surface area (Å²) in [5, 5.41) is 13.3. The highest BCUT2D eigenvalue weighted by molar-refractivity contribution is 5.96. The molecule has 0 unspecified atom stereocenters. The van der Waals surface area contributed by atoms with E-state index in [4.69, 9.17) is 0 Å². The molecule has 8 nitrogen and oxygen atoms in total. The third-order valence-electron chi connectivity index (χ3n) is 4.76. The van der Waals surface area contributed by atoms with Crippen molar-refractivity contribution in [1.82, 2.24) is 10.2 Å². The van der Waals surface area contributed by atoms with E-state index in [1.165, 1.54) is 36.4 Å². The average Bonchev–Trinajstić information content (AvgIpc) is 2.99. The Hall–Kier alpha value is -3.49. The number of hydrogen-bond donors (Lipinski definition) is 1. The molecule has 3 rings (SSSR count). The summed E-state index contributed by atoms with van der Waals surface area (Å²) in [4.78, 5) is 38.7. The standard InChI is InChI=1S/C20H21FN4O4/c21-16-5-7-17(8-6-16)23-9-2-10-24(12-11-23)19(26)14-22-20(27)15-3-1-4-18(13-15)25(28)29/h1,3-8,13H,2,9-12,14H2,(H,22,27). The highest BCUT2D eigenvalue weighted by Gasteiger charge is 2.20. The summed E-state index contributed by atoms with van der Waals surface area (Å²) >= 11 is 0. The zero-order chi connectivity index (χ0) is 20.8. The molecule has 2 aromatic carbocycles. The minimum Gasteiger partial charge on any atom is -0.370 e. The number of nitrogens with one attached hydrogen (secondary N) is 1. The number of nitrogens with zero attached hydrogens (tertiary/aromatic N) is 3. The fourth-order valence-corrected chi connectivity index (χ4v) is 3.21. The van der Waals surface area contributed by atoms with Crippen LogP contribution >= 0.6 is 0 Å². The van der Waals surface area contributed by atoms with Gasteiger partial charge in [-0.25, -0.2) is 4.39 Å². The van der Waals surface area contributed by atoms with Crippen LogP contribution in [0.3, 0.4) is 0 Å². The van der Waals surface area contributed by atoms with Crippen molar-refractivity contribution in [3.05, 3.63) is 70.0 Å². The van der Waals surface area contributed by atoms with Crippen molar-refractivity contribution in [2.24, 2.45) is 0 Å². The zero-order valence-electron chi connectivity index (χ0n) is 15.7. The molecule has 0 aliphatic carbocycles.